The lowest BCUT2D eigenvalue weighted by atomic mass is 10.0. The topological polar surface area (TPSA) is 37.4 Å². The number of benzene rings is 1. The molecule has 0 bridgehead atoms. The number of rotatable bonds is 3. The van der Waals surface area contributed by atoms with Crippen LogP contribution >= 0.6 is 38.5 Å². The molecule has 0 amide bonds. The van der Waals surface area contributed by atoms with Gasteiger partial charge in [0.2, 0.25) is 10.0 Å². The molecule has 0 fully saturated rings. The number of halogens is 2. The first-order valence-electron chi connectivity index (χ1n) is 6.01. The van der Waals surface area contributed by atoms with Crippen LogP contribution in [0.15, 0.2) is 34.8 Å². The van der Waals surface area contributed by atoms with Crippen molar-refractivity contribution < 1.29 is 8.42 Å². The number of allylic oxidation sites excluding steroid dienone is 1. The molecule has 19 heavy (non-hydrogen) atoms. The summed E-state index contributed by atoms with van der Waals surface area (Å²) >= 11 is 5.70. The van der Waals surface area contributed by atoms with Crippen molar-refractivity contribution >= 4 is 54.2 Å². The van der Waals surface area contributed by atoms with Gasteiger partial charge >= 0.3 is 0 Å². The maximum atomic E-state index is 12.2. The molecule has 0 spiro atoms. The Morgan fingerprint density at radius 2 is 2.05 bits per heavy atom. The Labute approximate surface area is 136 Å². The molecule has 1 aliphatic rings. The number of anilines is 1. The zero-order valence-corrected chi connectivity index (χ0v) is 15.1. The molecule has 1 atom stereocenters. The van der Waals surface area contributed by atoms with Crippen LogP contribution in [0.4, 0.5) is 5.69 Å². The Bertz CT molecular complexity index is 600. The molecule has 1 aliphatic carbocycles. The van der Waals surface area contributed by atoms with Crippen LogP contribution in [0.25, 0.3) is 0 Å². The molecule has 1 unspecified atom stereocenters. The minimum absolute atomic E-state index is 0.125. The molecule has 0 heterocycles. The van der Waals surface area contributed by atoms with Gasteiger partial charge in [0.1, 0.15) is 0 Å². The molecule has 0 saturated carbocycles. The Balaban J connectivity index is 2.52. The summed E-state index contributed by atoms with van der Waals surface area (Å²) < 4.78 is 27.8. The molecule has 3 nitrogen and oxygen atoms in total. The quantitative estimate of drug-likeness (QED) is 0.648. The second kappa shape index (κ2) is 6.13. The first kappa shape index (κ1) is 15.3. The lowest BCUT2D eigenvalue weighted by Crippen LogP contribution is -2.41. The summed E-state index contributed by atoms with van der Waals surface area (Å²) in [4.78, 5) is 0. The van der Waals surface area contributed by atoms with Gasteiger partial charge in [-0.3, -0.25) is 4.31 Å². The van der Waals surface area contributed by atoms with Gasteiger partial charge in [0.05, 0.1) is 18.0 Å². The van der Waals surface area contributed by atoms with E-state index in [9.17, 15) is 8.42 Å². The number of hydrogen-bond donors (Lipinski definition) is 0. The maximum Gasteiger partial charge on any atom is 0.232 e. The summed E-state index contributed by atoms with van der Waals surface area (Å²) in [7, 11) is -3.32. The monoisotopic (exact) mass is 455 g/mol. The van der Waals surface area contributed by atoms with E-state index in [2.05, 4.69) is 44.6 Å². The smallest absolute Gasteiger partial charge is 0.232 e. The van der Waals surface area contributed by atoms with Crippen LogP contribution < -0.4 is 4.31 Å². The SMILES string of the molecule is CS(=O)(=O)N(c1ccccc1I)C1CCCC=C1Br. The Morgan fingerprint density at radius 3 is 2.63 bits per heavy atom. The minimum atomic E-state index is -3.32. The number of sulfonamides is 1. The largest absolute Gasteiger partial charge is 0.261 e. The molecule has 1 aromatic rings. The van der Waals surface area contributed by atoms with E-state index < -0.39 is 10.0 Å². The van der Waals surface area contributed by atoms with Crippen molar-refractivity contribution in [2.45, 2.75) is 25.3 Å². The van der Waals surface area contributed by atoms with Crippen LogP contribution in [0.3, 0.4) is 0 Å². The standard InChI is InChI=1S/C13H15BrINO2S/c1-19(17,18)16(12-8-4-2-6-10(12)14)13-9-5-3-7-11(13)15/h3,5-7,9,12H,2,4,8H2,1H3. The van der Waals surface area contributed by atoms with Gasteiger partial charge in [0, 0.05) is 8.05 Å². The summed E-state index contributed by atoms with van der Waals surface area (Å²) in [5.74, 6) is 0. The second-order valence-electron chi connectivity index (χ2n) is 4.55. The van der Waals surface area contributed by atoms with Gasteiger partial charge in [0.15, 0.2) is 0 Å². The van der Waals surface area contributed by atoms with E-state index in [-0.39, 0.29) is 6.04 Å². The molecule has 2 rings (SSSR count). The lowest BCUT2D eigenvalue weighted by molar-refractivity contribution is 0.575. The van der Waals surface area contributed by atoms with Gasteiger partial charge in [-0.1, -0.05) is 34.1 Å². The zero-order valence-electron chi connectivity index (χ0n) is 10.5. The Kier molecular flexibility index (Phi) is 4.94. The maximum absolute atomic E-state index is 12.2. The molecule has 0 radical (unpaired) electrons. The van der Waals surface area contributed by atoms with Gasteiger partial charge in [-0.2, -0.15) is 0 Å². The minimum Gasteiger partial charge on any atom is -0.261 e. The predicted octanol–water partition coefficient (Wildman–Crippen LogP) is 3.89. The van der Waals surface area contributed by atoms with Crippen molar-refractivity contribution in [3.63, 3.8) is 0 Å². The fourth-order valence-electron chi connectivity index (χ4n) is 2.26. The highest BCUT2D eigenvalue weighted by molar-refractivity contribution is 14.1. The number of nitrogens with zero attached hydrogens (tertiary/aromatic N) is 1. The second-order valence-corrected chi connectivity index (χ2v) is 8.48. The van der Waals surface area contributed by atoms with Crippen molar-refractivity contribution in [1.29, 1.82) is 0 Å². The third kappa shape index (κ3) is 3.52. The number of hydrogen-bond acceptors (Lipinski definition) is 2. The molecule has 0 aromatic heterocycles. The van der Waals surface area contributed by atoms with Gasteiger partial charge in [-0.15, -0.1) is 0 Å². The third-order valence-corrected chi connectivity index (χ3v) is 6.00. The van der Waals surface area contributed by atoms with Crippen LogP contribution in [0.5, 0.6) is 0 Å². The Morgan fingerprint density at radius 1 is 1.37 bits per heavy atom. The fourth-order valence-corrected chi connectivity index (χ4v) is 5.07. The van der Waals surface area contributed by atoms with Crippen LogP contribution in [0, 0.1) is 3.57 Å². The average Bonchev–Trinajstić information content (AvgIpc) is 2.33. The molecular weight excluding hydrogens is 441 g/mol. The van der Waals surface area contributed by atoms with Crippen LogP contribution in [-0.4, -0.2) is 20.7 Å². The third-order valence-electron chi connectivity index (χ3n) is 3.07. The van der Waals surface area contributed by atoms with Gasteiger partial charge in [-0.05, 0) is 54.0 Å². The normalized spacial score (nSPS) is 19.9. The van der Waals surface area contributed by atoms with Gasteiger partial charge in [0.25, 0.3) is 0 Å². The van der Waals surface area contributed by atoms with Crippen molar-refractivity contribution in [2.75, 3.05) is 10.6 Å². The highest BCUT2D eigenvalue weighted by Gasteiger charge is 2.31. The molecule has 1 aromatic carbocycles. The predicted molar refractivity (Wildman–Crippen MR) is 91.1 cm³/mol. The summed E-state index contributed by atoms with van der Waals surface area (Å²) in [5.41, 5.74) is 0.753. The number of para-hydroxylation sites is 1. The fraction of sp³-hybridized carbons (Fsp3) is 0.385. The van der Waals surface area contributed by atoms with Gasteiger partial charge in [-0.25, -0.2) is 8.42 Å². The van der Waals surface area contributed by atoms with Crippen molar-refractivity contribution in [3.8, 4) is 0 Å². The first-order chi connectivity index (χ1) is 8.91. The van der Waals surface area contributed by atoms with E-state index in [1.165, 1.54) is 10.6 Å². The van der Waals surface area contributed by atoms with Crippen molar-refractivity contribution in [2.24, 2.45) is 0 Å². The van der Waals surface area contributed by atoms with Crippen molar-refractivity contribution in [3.05, 3.63) is 38.4 Å². The molecule has 104 valence electrons. The first-order valence-corrected chi connectivity index (χ1v) is 9.73. The van der Waals surface area contributed by atoms with E-state index in [4.69, 9.17) is 0 Å². The van der Waals surface area contributed by atoms with Crippen LogP contribution in [0.2, 0.25) is 0 Å². The average molecular weight is 456 g/mol. The highest BCUT2D eigenvalue weighted by atomic mass is 127. The molecule has 6 heteroatoms. The molecule has 0 saturated heterocycles. The van der Waals surface area contributed by atoms with Crippen molar-refractivity contribution in [1.82, 2.24) is 0 Å². The summed E-state index contributed by atoms with van der Waals surface area (Å²) in [5, 5.41) is 0. The highest BCUT2D eigenvalue weighted by Crippen LogP contribution is 2.34. The summed E-state index contributed by atoms with van der Waals surface area (Å²) in [6.07, 6.45) is 6.19. The van der Waals surface area contributed by atoms with E-state index in [1.54, 1.807) is 0 Å². The van der Waals surface area contributed by atoms with E-state index in [0.717, 1.165) is 33.0 Å². The Hall–Kier alpha value is -0.0800. The molecule has 0 aliphatic heterocycles. The summed E-state index contributed by atoms with van der Waals surface area (Å²) in [6, 6.07) is 7.44. The molecule has 0 N–H and O–H groups in total. The molecular formula is C13H15BrINO2S. The van der Waals surface area contributed by atoms with E-state index in [0.29, 0.717) is 0 Å². The van der Waals surface area contributed by atoms with Gasteiger partial charge < -0.3 is 0 Å². The zero-order chi connectivity index (χ0) is 14.0. The van der Waals surface area contributed by atoms with E-state index in [1.807, 2.05) is 24.3 Å². The van der Waals surface area contributed by atoms with Crippen LogP contribution in [0.1, 0.15) is 19.3 Å². The lowest BCUT2D eigenvalue weighted by Gasteiger charge is -2.34. The van der Waals surface area contributed by atoms with Crippen LogP contribution in [-0.2, 0) is 10.0 Å². The summed E-state index contributed by atoms with van der Waals surface area (Å²) in [6.45, 7) is 0. The van der Waals surface area contributed by atoms with E-state index >= 15 is 0 Å².